The van der Waals surface area contributed by atoms with Crippen LogP contribution in [0.3, 0.4) is 0 Å². The number of hydrogen-bond acceptors (Lipinski definition) is 5. The number of carbonyl (C=O) groups excluding carboxylic acids is 1. The van der Waals surface area contributed by atoms with Crippen molar-refractivity contribution in [3.05, 3.63) is 53.6 Å². The largest absolute Gasteiger partial charge is 0.497 e. The molecule has 1 amide bonds. The summed E-state index contributed by atoms with van der Waals surface area (Å²) in [4.78, 5) is 16.6. The summed E-state index contributed by atoms with van der Waals surface area (Å²) in [5.41, 5.74) is 1.45. The summed E-state index contributed by atoms with van der Waals surface area (Å²) in [5.74, 6) is 1.89. The van der Waals surface area contributed by atoms with E-state index in [9.17, 15) is 4.79 Å². The predicted molar refractivity (Wildman–Crippen MR) is 106 cm³/mol. The molecule has 0 aliphatic rings. The highest BCUT2D eigenvalue weighted by Gasteiger charge is 2.18. The number of hydrogen-bond donors (Lipinski definition) is 0. The van der Waals surface area contributed by atoms with Gasteiger partial charge in [-0.2, -0.15) is 0 Å². The minimum Gasteiger partial charge on any atom is -0.497 e. The third-order valence-corrected chi connectivity index (χ3v) is 4.16. The summed E-state index contributed by atoms with van der Waals surface area (Å²) in [5, 5.41) is 0. The molecule has 27 heavy (non-hydrogen) atoms. The molecule has 0 saturated carbocycles. The van der Waals surface area contributed by atoms with E-state index in [0.29, 0.717) is 36.0 Å². The van der Waals surface area contributed by atoms with Crippen LogP contribution in [-0.4, -0.2) is 64.2 Å². The van der Waals surface area contributed by atoms with Gasteiger partial charge in [0.05, 0.1) is 19.8 Å². The van der Waals surface area contributed by atoms with Crippen LogP contribution in [0, 0.1) is 0 Å². The molecule has 0 aromatic heterocycles. The lowest BCUT2D eigenvalue weighted by molar-refractivity contribution is 0.0779. The van der Waals surface area contributed by atoms with Crippen molar-refractivity contribution in [1.82, 2.24) is 9.80 Å². The van der Waals surface area contributed by atoms with Crippen LogP contribution in [0.1, 0.15) is 15.9 Å². The molecule has 0 unspecified atom stereocenters. The number of benzene rings is 2. The van der Waals surface area contributed by atoms with Gasteiger partial charge < -0.3 is 24.0 Å². The normalized spacial score (nSPS) is 10.6. The van der Waals surface area contributed by atoms with Gasteiger partial charge in [0.25, 0.3) is 5.91 Å². The van der Waals surface area contributed by atoms with Gasteiger partial charge in [0, 0.05) is 31.8 Å². The minimum atomic E-state index is -0.103. The number of nitrogens with zero attached hydrogens (tertiary/aromatic N) is 2. The van der Waals surface area contributed by atoms with Crippen LogP contribution in [0.25, 0.3) is 0 Å². The summed E-state index contributed by atoms with van der Waals surface area (Å²) in [6.07, 6.45) is 0. The highest BCUT2D eigenvalue weighted by molar-refractivity contribution is 5.96. The van der Waals surface area contributed by atoms with Crippen LogP contribution >= 0.6 is 0 Å². The molecule has 146 valence electrons. The maximum atomic E-state index is 13.0. The molecule has 0 fully saturated rings. The number of likely N-dealkylation sites (N-methyl/N-ethyl adjacent to an activating group) is 1. The molecule has 0 radical (unpaired) electrons. The molecule has 2 aromatic rings. The van der Waals surface area contributed by atoms with E-state index in [0.717, 1.165) is 12.1 Å². The lowest BCUT2D eigenvalue weighted by Crippen LogP contribution is -2.27. The molecular weight excluding hydrogens is 344 g/mol. The topological polar surface area (TPSA) is 51.2 Å². The van der Waals surface area contributed by atoms with Crippen LogP contribution in [-0.2, 0) is 6.54 Å². The van der Waals surface area contributed by atoms with Gasteiger partial charge in [-0.3, -0.25) is 4.79 Å². The first-order valence-electron chi connectivity index (χ1n) is 8.79. The lowest BCUT2D eigenvalue weighted by atomic mass is 10.1. The van der Waals surface area contributed by atoms with Crippen molar-refractivity contribution >= 4 is 5.91 Å². The van der Waals surface area contributed by atoms with E-state index in [2.05, 4.69) is 0 Å². The zero-order valence-electron chi connectivity index (χ0n) is 16.7. The van der Waals surface area contributed by atoms with E-state index in [1.807, 2.05) is 55.4 Å². The van der Waals surface area contributed by atoms with Gasteiger partial charge in [0.15, 0.2) is 0 Å². The van der Waals surface area contributed by atoms with Gasteiger partial charge in [0.2, 0.25) is 0 Å². The highest BCUT2D eigenvalue weighted by atomic mass is 16.5. The van der Waals surface area contributed by atoms with Crippen LogP contribution in [0.4, 0.5) is 0 Å². The van der Waals surface area contributed by atoms with Crippen LogP contribution in [0.5, 0.6) is 17.2 Å². The van der Waals surface area contributed by atoms with Crippen molar-refractivity contribution in [2.75, 3.05) is 48.5 Å². The molecule has 0 saturated heterocycles. The van der Waals surface area contributed by atoms with Crippen molar-refractivity contribution in [2.24, 2.45) is 0 Å². The first kappa shape index (κ1) is 20.6. The van der Waals surface area contributed by atoms with Gasteiger partial charge in [-0.25, -0.2) is 0 Å². The second kappa shape index (κ2) is 9.83. The monoisotopic (exact) mass is 372 g/mol. The quantitative estimate of drug-likeness (QED) is 0.677. The van der Waals surface area contributed by atoms with E-state index in [4.69, 9.17) is 14.2 Å². The smallest absolute Gasteiger partial charge is 0.257 e. The average Bonchev–Trinajstić information content (AvgIpc) is 2.67. The van der Waals surface area contributed by atoms with Gasteiger partial charge in [-0.05, 0) is 38.4 Å². The standard InChI is InChI=1S/C21H28N2O4/c1-22(2)12-13-27-19-9-7-6-8-18(19)21(24)23(3)15-16-10-11-17(25-4)14-20(16)26-5/h6-11,14H,12-13,15H2,1-5H3. The van der Waals surface area contributed by atoms with Gasteiger partial charge in [0.1, 0.15) is 23.9 Å². The van der Waals surface area contributed by atoms with Gasteiger partial charge in [-0.15, -0.1) is 0 Å². The van der Waals surface area contributed by atoms with Crippen LogP contribution in [0.2, 0.25) is 0 Å². The summed E-state index contributed by atoms with van der Waals surface area (Å²) < 4.78 is 16.5. The number of para-hydroxylation sites is 1. The zero-order chi connectivity index (χ0) is 19.8. The molecular formula is C21H28N2O4. The molecule has 0 spiro atoms. The third-order valence-electron chi connectivity index (χ3n) is 4.16. The van der Waals surface area contributed by atoms with Crippen molar-refractivity contribution in [2.45, 2.75) is 6.54 Å². The molecule has 6 heteroatoms. The molecule has 0 N–H and O–H groups in total. The van der Waals surface area contributed by atoms with Crippen LogP contribution < -0.4 is 14.2 Å². The lowest BCUT2D eigenvalue weighted by Gasteiger charge is -2.21. The van der Waals surface area contributed by atoms with Crippen LogP contribution in [0.15, 0.2) is 42.5 Å². The Labute approximate surface area is 161 Å². The number of methoxy groups -OCH3 is 2. The summed E-state index contributed by atoms with van der Waals surface area (Å²) >= 11 is 0. The van der Waals surface area contributed by atoms with Crippen molar-refractivity contribution < 1.29 is 19.0 Å². The van der Waals surface area contributed by atoms with Crippen molar-refractivity contribution in [3.63, 3.8) is 0 Å². The molecule has 0 bridgehead atoms. The number of ether oxygens (including phenoxy) is 3. The van der Waals surface area contributed by atoms with Crippen molar-refractivity contribution in [3.8, 4) is 17.2 Å². The van der Waals surface area contributed by atoms with Gasteiger partial charge >= 0.3 is 0 Å². The Morgan fingerprint density at radius 1 is 0.963 bits per heavy atom. The SMILES string of the molecule is COc1ccc(CN(C)C(=O)c2ccccc2OCCN(C)C)c(OC)c1. The Hall–Kier alpha value is -2.73. The molecule has 2 aromatic carbocycles. The first-order chi connectivity index (χ1) is 13.0. The Bertz CT molecular complexity index is 762. The van der Waals surface area contributed by atoms with E-state index in [1.54, 1.807) is 32.2 Å². The first-order valence-corrected chi connectivity index (χ1v) is 8.79. The predicted octanol–water partition coefficient (Wildman–Crippen LogP) is 2.92. The Kier molecular flexibility index (Phi) is 7.49. The number of amides is 1. The van der Waals surface area contributed by atoms with E-state index < -0.39 is 0 Å². The van der Waals surface area contributed by atoms with E-state index in [-0.39, 0.29) is 5.91 Å². The number of rotatable bonds is 9. The summed E-state index contributed by atoms with van der Waals surface area (Å²) in [6.45, 7) is 1.72. The molecule has 0 aliphatic carbocycles. The fraction of sp³-hybridized carbons (Fsp3) is 0.381. The molecule has 6 nitrogen and oxygen atoms in total. The summed E-state index contributed by atoms with van der Waals surface area (Å²) in [6, 6.07) is 12.9. The van der Waals surface area contributed by atoms with Gasteiger partial charge in [-0.1, -0.05) is 12.1 Å². The highest BCUT2D eigenvalue weighted by Crippen LogP contribution is 2.27. The second-order valence-electron chi connectivity index (χ2n) is 6.49. The fourth-order valence-electron chi connectivity index (χ4n) is 2.62. The zero-order valence-corrected chi connectivity index (χ0v) is 16.7. The Morgan fingerprint density at radius 2 is 1.70 bits per heavy atom. The van der Waals surface area contributed by atoms with E-state index in [1.165, 1.54) is 0 Å². The second-order valence-corrected chi connectivity index (χ2v) is 6.49. The maximum Gasteiger partial charge on any atom is 0.257 e. The number of carbonyl (C=O) groups is 1. The molecule has 2 rings (SSSR count). The summed E-state index contributed by atoms with van der Waals surface area (Å²) in [7, 11) is 8.95. The Balaban J connectivity index is 2.14. The molecule has 0 atom stereocenters. The third kappa shape index (κ3) is 5.62. The van der Waals surface area contributed by atoms with Crippen molar-refractivity contribution in [1.29, 1.82) is 0 Å². The Morgan fingerprint density at radius 3 is 2.37 bits per heavy atom. The average molecular weight is 372 g/mol. The fourth-order valence-corrected chi connectivity index (χ4v) is 2.62. The molecule has 0 aliphatic heterocycles. The minimum absolute atomic E-state index is 0.103. The van der Waals surface area contributed by atoms with E-state index >= 15 is 0 Å². The maximum absolute atomic E-state index is 13.0. The molecule has 0 heterocycles.